The summed E-state index contributed by atoms with van der Waals surface area (Å²) in [5.41, 5.74) is 1.22. The zero-order valence-corrected chi connectivity index (χ0v) is 12.1. The third-order valence-electron chi connectivity index (χ3n) is 3.42. The SMILES string of the molecule is C=C1NC(=O)N[C@H](c2ccccc2)[C@H]1C(=O)OCCCC. The molecule has 2 rings (SSSR count). The fourth-order valence-corrected chi connectivity index (χ4v) is 2.31. The van der Waals surface area contributed by atoms with Crippen LogP contribution in [0.3, 0.4) is 0 Å². The average molecular weight is 288 g/mol. The topological polar surface area (TPSA) is 67.4 Å². The molecule has 1 aliphatic rings. The summed E-state index contributed by atoms with van der Waals surface area (Å²) in [4.78, 5) is 23.9. The van der Waals surface area contributed by atoms with Crippen LogP contribution in [0, 0.1) is 5.92 Å². The van der Waals surface area contributed by atoms with Crippen molar-refractivity contribution in [1.82, 2.24) is 10.6 Å². The molecule has 5 nitrogen and oxygen atoms in total. The molecule has 2 amide bonds. The second kappa shape index (κ2) is 6.92. The van der Waals surface area contributed by atoms with E-state index in [4.69, 9.17) is 4.74 Å². The number of carbonyl (C=O) groups excluding carboxylic acids is 2. The normalized spacial score (nSPS) is 21.4. The van der Waals surface area contributed by atoms with Crippen molar-refractivity contribution < 1.29 is 14.3 Å². The maximum absolute atomic E-state index is 12.3. The number of rotatable bonds is 5. The Hall–Kier alpha value is -2.30. The molecule has 21 heavy (non-hydrogen) atoms. The first-order valence-electron chi connectivity index (χ1n) is 7.11. The minimum absolute atomic E-state index is 0.355. The zero-order chi connectivity index (χ0) is 15.2. The van der Waals surface area contributed by atoms with E-state index in [-0.39, 0.29) is 12.0 Å². The lowest BCUT2D eigenvalue weighted by Crippen LogP contribution is -2.51. The van der Waals surface area contributed by atoms with E-state index in [2.05, 4.69) is 17.2 Å². The zero-order valence-electron chi connectivity index (χ0n) is 12.1. The van der Waals surface area contributed by atoms with Gasteiger partial charge in [-0.3, -0.25) is 4.79 Å². The van der Waals surface area contributed by atoms with Gasteiger partial charge in [-0.2, -0.15) is 0 Å². The number of unbranched alkanes of at least 4 members (excludes halogenated alkanes) is 1. The first kappa shape index (κ1) is 15.1. The maximum atomic E-state index is 12.3. The van der Waals surface area contributed by atoms with Gasteiger partial charge < -0.3 is 15.4 Å². The minimum atomic E-state index is -0.623. The highest BCUT2D eigenvalue weighted by molar-refractivity contribution is 5.85. The van der Waals surface area contributed by atoms with Crippen LogP contribution in [-0.2, 0) is 9.53 Å². The Morgan fingerprint density at radius 1 is 1.33 bits per heavy atom. The van der Waals surface area contributed by atoms with Gasteiger partial charge in [-0.25, -0.2) is 4.79 Å². The third-order valence-corrected chi connectivity index (χ3v) is 3.42. The number of hydrogen-bond acceptors (Lipinski definition) is 3. The van der Waals surface area contributed by atoms with Crippen LogP contribution in [0.5, 0.6) is 0 Å². The van der Waals surface area contributed by atoms with Gasteiger partial charge in [0.1, 0.15) is 5.92 Å². The molecule has 0 saturated carbocycles. The van der Waals surface area contributed by atoms with Crippen molar-refractivity contribution in [3.05, 3.63) is 48.2 Å². The van der Waals surface area contributed by atoms with E-state index < -0.39 is 12.0 Å². The molecule has 112 valence electrons. The molecule has 0 radical (unpaired) electrons. The fraction of sp³-hybridized carbons (Fsp3) is 0.375. The van der Waals surface area contributed by atoms with Crippen molar-refractivity contribution in [2.45, 2.75) is 25.8 Å². The Kier molecular flexibility index (Phi) is 4.98. The molecule has 1 aliphatic heterocycles. The lowest BCUT2D eigenvalue weighted by Gasteiger charge is -2.33. The first-order chi connectivity index (χ1) is 10.1. The molecule has 0 aromatic heterocycles. The van der Waals surface area contributed by atoms with E-state index in [1.807, 2.05) is 37.3 Å². The van der Waals surface area contributed by atoms with E-state index in [9.17, 15) is 9.59 Å². The van der Waals surface area contributed by atoms with Crippen molar-refractivity contribution in [3.63, 3.8) is 0 Å². The Labute approximate surface area is 124 Å². The molecule has 1 fully saturated rings. The summed E-state index contributed by atoms with van der Waals surface area (Å²) in [6.45, 7) is 6.21. The van der Waals surface area contributed by atoms with Crippen molar-refractivity contribution >= 4 is 12.0 Å². The molecule has 2 atom stereocenters. The highest BCUT2D eigenvalue weighted by atomic mass is 16.5. The number of urea groups is 1. The van der Waals surface area contributed by atoms with Gasteiger partial charge in [-0.15, -0.1) is 0 Å². The number of ether oxygens (including phenoxy) is 1. The van der Waals surface area contributed by atoms with Crippen LogP contribution in [0.15, 0.2) is 42.6 Å². The number of amides is 2. The molecule has 0 unspecified atom stereocenters. The summed E-state index contributed by atoms with van der Waals surface area (Å²) < 4.78 is 5.29. The lowest BCUT2D eigenvalue weighted by atomic mass is 9.89. The van der Waals surface area contributed by atoms with Crippen LogP contribution >= 0.6 is 0 Å². The van der Waals surface area contributed by atoms with Gasteiger partial charge in [0, 0.05) is 5.70 Å². The predicted molar refractivity (Wildman–Crippen MR) is 79.3 cm³/mol. The molecule has 0 aliphatic carbocycles. The standard InChI is InChI=1S/C16H20N2O3/c1-3-4-10-21-15(19)13-11(2)17-16(20)18-14(13)12-8-6-5-7-9-12/h5-9,13-14H,2-4,10H2,1H3,(H2,17,18,20)/t13-,14+/m0/s1. The van der Waals surface area contributed by atoms with Crippen LogP contribution in [0.4, 0.5) is 4.79 Å². The predicted octanol–water partition coefficient (Wildman–Crippen LogP) is 2.51. The summed E-state index contributed by atoms with van der Waals surface area (Å²) in [5, 5.41) is 5.33. The highest BCUT2D eigenvalue weighted by Crippen LogP contribution is 2.30. The molecular formula is C16H20N2O3. The minimum Gasteiger partial charge on any atom is -0.465 e. The fourth-order valence-electron chi connectivity index (χ4n) is 2.31. The molecule has 0 bridgehead atoms. The number of esters is 1. The Morgan fingerprint density at radius 2 is 2.05 bits per heavy atom. The van der Waals surface area contributed by atoms with E-state index in [1.54, 1.807) is 0 Å². The molecule has 0 spiro atoms. The summed E-state index contributed by atoms with van der Waals surface area (Å²) in [5.74, 6) is -0.989. The third kappa shape index (κ3) is 3.62. The van der Waals surface area contributed by atoms with Crippen LogP contribution in [-0.4, -0.2) is 18.6 Å². The summed E-state index contributed by atoms with van der Waals surface area (Å²) in [6.07, 6.45) is 1.77. The first-order valence-corrected chi connectivity index (χ1v) is 7.11. The van der Waals surface area contributed by atoms with E-state index in [0.717, 1.165) is 18.4 Å². The van der Waals surface area contributed by atoms with Crippen molar-refractivity contribution in [2.75, 3.05) is 6.61 Å². The Balaban J connectivity index is 2.19. The van der Waals surface area contributed by atoms with Gasteiger partial charge in [0.05, 0.1) is 12.6 Å². The molecular weight excluding hydrogens is 268 g/mol. The van der Waals surface area contributed by atoms with Crippen LogP contribution in [0.1, 0.15) is 31.4 Å². The molecule has 1 saturated heterocycles. The average Bonchev–Trinajstić information content (AvgIpc) is 2.47. The lowest BCUT2D eigenvalue weighted by molar-refractivity contribution is -0.148. The largest absolute Gasteiger partial charge is 0.465 e. The van der Waals surface area contributed by atoms with Gasteiger partial charge in [0.25, 0.3) is 0 Å². The van der Waals surface area contributed by atoms with Crippen LogP contribution < -0.4 is 10.6 Å². The quantitative estimate of drug-likeness (QED) is 0.646. The Bertz CT molecular complexity index is 528. The van der Waals surface area contributed by atoms with Crippen LogP contribution in [0.2, 0.25) is 0 Å². The van der Waals surface area contributed by atoms with Gasteiger partial charge >= 0.3 is 12.0 Å². The Morgan fingerprint density at radius 3 is 2.71 bits per heavy atom. The second-order valence-corrected chi connectivity index (χ2v) is 5.01. The van der Waals surface area contributed by atoms with Crippen molar-refractivity contribution in [1.29, 1.82) is 0 Å². The molecule has 1 heterocycles. The van der Waals surface area contributed by atoms with Crippen LogP contribution in [0.25, 0.3) is 0 Å². The summed E-state index contributed by atoms with van der Waals surface area (Å²) in [6, 6.07) is 8.55. The van der Waals surface area contributed by atoms with Gasteiger partial charge in [0.15, 0.2) is 0 Å². The monoisotopic (exact) mass is 288 g/mol. The van der Waals surface area contributed by atoms with Crippen molar-refractivity contribution in [3.8, 4) is 0 Å². The number of benzene rings is 1. The van der Waals surface area contributed by atoms with Gasteiger partial charge in [-0.05, 0) is 12.0 Å². The summed E-state index contributed by atoms with van der Waals surface area (Å²) in [7, 11) is 0. The maximum Gasteiger partial charge on any atom is 0.319 e. The number of nitrogens with one attached hydrogen (secondary N) is 2. The smallest absolute Gasteiger partial charge is 0.319 e. The van der Waals surface area contributed by atoms with Gasteiger partial charge in [-0.1, -0.05) is 50.3 Å². The van der Waals surface area contributed by atoms with E-state index in [1.165, 1.54) is 0 Å². The van der Waals surface area contributed by atoms with E-state index in [0.29, 0.717) is 12.3 Å². The van der Waals surface area contributed by atoms with Crippen molar-refractivity contribution in [2.24, 2.45) is 5.92 Å². The molecule has 1 aromatic rings. The van der Waals surface area contributed by atoms with Gasteiger partial charge in [0.2, 0.25) is 0 Å². The molecule has 5 heteroatoms. The van der Waals surface area contributed by atoms with E-state index >= 15 is 0 Å². The summed E-state index contributed by atoms with van der Waals surface area (Å²) >= 11 is 0. The molecule has 2 N–H and O–H groups in total. The molecule has 1 aromatic carbocycles. The second-order valence-electron chi connectivity index (χ2n) is 5.01. The number of carbonyl (C=O) groups is 2. The highest BCUT2D eigenvalue weighted by Gasteiger charge is 2.38. The number of hydrogen-bond donors (Lipinski definition) is 2.